The molecule has 0 radical (unpaired) electrons. The normalized spacial score (nSPS) is 16.2. The van der Waals surface area contributed by atoms with E-state index in [4.69, 9.17) is 4.74 Å². The maximum absolute atomic E-state index is 12.7. The molecule has 1 aliphatic rings. The molecule has 11 heteroatoms. The third kappa shape index (κ3) is 6.67. The Balaban J connectivity index is 2.05. The van der Waals surface area contributed by atoms with E-state index in [1.165, 1.54) is 24.3 Å². The molecule has 2 aromatic carbocycles. The number of hydrogen-bond donors (Lipinski definition) is 5. The number of nitrogens with one attached hydrogen (secondary N) is 2. The van der Waals surface area contributed by atoms with Crippen LogP contribution >= 0.6 is 0 Å². The third-order valence-electron chi connectivity index (χ3n) is 6.97. The number of hydrogen-bond acceptors (Lipinski definition) is 8. The second-order valence-electron chi connectivity index (χ2n) is 9.82. The summed E-state index contributed by atoms with van der Waals surface area (Å²) in [7, 11) is 0. The zero-order valence-electron chi connectivity index (χ0n) is 22.7. The van der Waals surface area contributed by atoms with Crippen LogP contribution in [0.5, 0.6) is 5.75 Å². The average molecular weight is 554 g/mol. The van der Waals surface area contributed by atoms with Crippen molar-refractivity contribution in [2.75, 3.05) is 13.2 Å². The van der Waals surface area contributed by atoms with Crippen molar-refractivity contribution in [2.45, 2.75) is 57.6 Å². The Labute approximate surface area is 232 Å². The zero-order valence-corrected chi connectivity index (χ0v) is 22.7. The first-order valence-electron chi connectivity index (χ1n) is 13.0. The Hall–Kier alpha value is -4.22. The van der Waals surface area contributed by atoms with Crippen LogP contribution in [0.1, 0.15) is 45.6 Å². The van der Waals surface area contributed by atoms with Crippen molar-refractivity contribution in [3.05, 3.63) is 92.8 Å². The van der Waals surface area contributed by atoms with Crippen molar-refractivity contribution < 1.29 is 34.6 Å². The smallest absolute Gasteiger partial charge is 0.334 e. The van der Waals surface area contributed by atoms with Gasteiger partial charge in [-0.2, -0.15) is 0 Å². The van der Waals surface area contributed by atoms with Gasteiger partial charge >= 0.3 is 11.9 Å². The molecule has 0 amide bonds. The van der Waals surface area contributed by atoms with Crippen LogP contribution in [0.2, 0.25) is 0 Å². The highest BCUT2D eigenvalue weighted by Crippen LogP contribution is 2.48. The van der Waals surface area contributed by atoms with Gasteiger partial charge in [0.05, 0.1) is 21.5 Å². The van der Waals surface area contributed by atoms with Crippen molar-refractivity contribution in [1.82, 2.24) is 10.6 Å². The standard InChI is InChI=1S/C29H35N3O8/c1-4-9-21(30-16-23(33)17-40-24-12-6-5-7-13-24)15-29(20-10-8-11-22(14-20)32(38)39)25(27(34)35)18(2)31-19(3)26(29)28(36)37/h5-8,10-14,21,23,30-31,33H,4,9,15-17H2,1-3H3,(H,34,35)(H,36,37). The lowest BCUT2D eigenvalue weighted by Gasteiger charge is -2.43. The number of nitro benzene ring substituents is 1. The van der Waals surface area contributed by atoms with E-state index in [9.17, 15) is 35.0 Å². The van der Waals surface area contributed by atoms with Crippen LogP contribution in [0.25, 0.3) is 0 Å². The first-order chi connectivity index (χ1) is 19.0. The van der Waals surface area contributed by atoms with E-state index in [1.54, 1.807) is 26.0 Å². The largest absolute Gasteiger partial charge is 0.491 e. The molecule has 0 aliphatic carbocycles. The van der Waals surface area contributed by atoms with Crippen molar-refractivity contribution in [1.29, 1.82) is 0 Å². The van der Waals surface area contributed by atoms with Crippen molar-refractivity contribution in [3.8, 4) is 5.75 Å². The van der Waals surface area contributed by atoms with Crippen LogP contribution < -0.4 is 15.4 Å². The van der Waals surface area contributed by atoms with Gasteiger partial charge < -0.3 is 30.7 Å². The zero-order chi connectivity index (χ0) is 29.4. The molecule has 0 saturated carbocycles. The number of aliphatic hydroxyl groups excluding tert-OH is 1. The molecule has 1 aliphatic heterocycles. The van der Waals surface area contributed by atoms with Crippen molar-refractivity contribution >= 4 is 17.6 Å². The first-order valence-corrected chi connectivity index (χ1v) is 13.0. The van der Waals surface area contributed by atoms with Gasteiger partial charge in [0.2, 0.25) is 0 Å². The van der Waals surface area contributed by atoms with Crippen molar-refractivity contribution in [2.24, 2.45) is 0 Å². The maximum atomic E-state index is 12.7. The summed E-state index contributed by atoms with van der Waals surface area (Å²) in [5.74, 6) is -2.08. The number of para-hydroxylation sites is 1. The van der Waals surface area contributed by atoms with E-state index in [2.05, 4.69) is 10.6 Å². The Kier molecular flexibility index (Phi) is 10.0. The van der Waals surface area contributed by atoms with Gasteiger partial charge in [0.1, 0.15) is 18.5 Å². The summed E-state index contributed by atoms with van der Waals surface area (Å²) in [5.41, 5.74) is -1.75. The van der Waals surface area contributed by atoms with Crippen LogP contribution in [0.4, 0.5) is 5.69 Å². The SMILES string of the molecule is CCCC(CC1(c2cccc([N+](=O)[O-])c2)C(C(=O)O)=C(C)NC(C)=C1C(=O)O)NCC(O)COc1ccccc1. The van der Waals surface area contributed by atoms with Gasteiger partial charge in [-0.25, -0.2) is 9.59 Å². The molecular formula is C29H35N3O8. The predicted octanol–water partition coefficient (Wildman–Crippen LogP) is 3.74. The van der Waals surface area contributed by atoms with Gasteiger partial charge in [-0.3, -0.25) is 10.1 Å². The number of carbonyl (C=O) groups is 2. The highest BCUT2D eigenvalue weighted by atomic mass is 16.6. The summed E-state index contributed by atoms with van der Waals surface area (Å²) in [5, 5.41) is 49.2. The van der Waals surface area contributed by atoms with Gasteiger partial charge in [-0.1, -0.05) is 43.7 Å². The summed E-state index contributed by atoms with van der Waals surface area (Å²) in [6, 6.07) is 14.0. The van der Waals surface area contributed by atoms with Crippen LogP contribution in [0.15, 0.2) is 77.1 Å². The number of carboxylic acids is 2. The van der Waals surface area contributed by atoms with Crippen LogP contribution in [-0.4, -0.2) is 57.5 Å². The van der Waals surface area contributed by atoms with E-state index < -0.39 is 34.4 Å². The van der Waals surface area contributed by atoms with Gasteiger partial charge in [-0.15, -0.1) is 0 Å². The number of nitro groups is 1. The molecule has 1 heterocycles. The molecule has 2 unspecified atom stereocenters. The number of aliphatic hydroxyl groups is 1. The summed E-state index contributed by atoms with van der Waals surface area (Å²) in [6.07, 6.45) is 0.254. The third-order valence-corrected chi connectivity index (χ3v) is 6.97. The number of carboxylic acid groups (broad SMARTS) is 2. The number of allylic oxidation sites excluding steroid dienone is 2. The Morgan fingerprint density at radius 3 is 2.23 bits per heavy atom. The summed E-state index contributed by atoms with van der Waals surface area (Å²) >= 11 is 0. The minimum Gasteiger partial charge on any atom is -0.491 e. The van der Waals surface area contributed by atoms with Gasteiger partial charge in [0.15, 0.2) is 0 Å². The molecule has 3 rings (SSSR count). The minimum atomic E-state index is -1.73. The highest BCUT2D eigenvalue weighted by molar-refractivity contribution is 6.00. The maximum Gasteiger partial charge on any atom is 0.334 e. The second kappa shape index (κ2) is 13.2. The summed E-state index contributed by atoms with van der Waals surface area (Å²) in [4.78, 5) is 36.5. The lowest BCUT2D eigenvalue weighted by Crippen LogP contribution is -2.49. The molecular weight excluding hydrogens is 518 g/mol. The van der Waals surface area contributed by atoms with Gasteiger partial charge in [0, 0.05) is 36.1 Å². The second-order valence-corrected chi connectivity index (χ2v) is 9.82. The molecule has 2 aromatic rings. The van der Waals surface area contributed by atoms with Crippen molar-refractivity contribution in [3.63, 3.8) is 0 Å². The Morgan fingerprint density at radius 1 is 1.05 bits per heavy atom. The number of dihydropyridines is 1. The molecule has 0 aromatic heterocycles. The average Bonchev–Trinajstić information content (AvgIpc) is 2.90. The number of non-ortho nitro benzene ring substituents is 1. The van der Waals surface area contributed by atoms with Gasteiger partial charge in [0.25, 0.3) is 5.69 Å². The number of ether oxygens (including phenoxy) is 1. The Bertz CT molecular complexity index is 1270. The lowest BCUT2D eigenvalue weighted by molar-refractivity contribution is -0.385. The fraction of sp³-hybridized carbons (Fsp3) is 0.379. The molecule has 11 nitrogen and oxygen atoms in total. The summed E-state index contributed by atoms with van der Waals surface area (Å²) in [6.45, 7) is 5.13. The van der Waals surface area contributed by atoms with Crippen LogP contribution in [0.3, 0.4) is 0 Å². The molecule has 2 atom stereocenters. The van der Waals surface area contributed by atoms with Crippen LogP contribution in [0, 0.1) is 10.1 Å². The van der Waals surface area contributed by atoms with Gasteiger partial charge in [-0.05, 0) is 44.4 Å². The van der Waals surface area contributed by atoms with E-state index in [0.29, 0.717) is 18.6 Å². The van der Waals surface area contributed by atoms with E-state index in [-0.39, 0.29) is 53.4 Å². The molecule has 40 heavy (non-hydrogen) atoms. The molecule has 0 fully saturated rings. The molecule has 214 valence electrons. The minimum absolute atomic E-state index is 0.00851. The monoisotopic (exact) mass is 553 g/mol. The fourth-order valence-electron chi connectivity index (χ4n) is 5.42. The van der Waals surface area contributed by atoms with E-state index in [0.717, 1.165) is 0 Å². The summed E-state index contributed by atoms with van der Waals surface area (Å²) < 4.78 is 5.63. The molecule has 0 bridgehead atoms. The Morgan fingerprint density at radius 2 is 1.68 bits per heavy atom. The first kappa shape index (κ1) is 30.3. The number of aliphatic carboxylic acids is 2. The van der Waals surface area contributed by atoms with E-state index >= 15 is 0 Å². The highest BCUT2D eigenvalue weighted by Gasteiger charge is 2.51. The fourth-order valence-corrected chi connectivity index (χ4v) is 5.42. The number of nitrogens with zero attached hydrogens (tertiary/aromatic N) is 1. The van der Waals surface area contributed by atoms with Crippen LogP contribution in [-0.2, 0) is 15.0 Å². The number of rotatable bonds is 14. The van der Waals surface area contributed by atoms with E-state index in [1.807, 2.05) is 25.1 Å². The quantitative estimate of drug-likeness (QED) is 0.171. The predicted molar refractivity (Wildman–Crippen MR) is 148 cm³/mol. The molecule has 5 N–H and O–H groups in total. The molecule has 0 spiro atoms. The topological polar surface area (TPSA) is 171 Å². The number of benzene rings is 2. The lowest BCUT2D eigenvalue weighted by atomic mass is 9.62. The molecule has 0 saturated heterocycles.